The van der Waals surface area contributed by atoms with Crippen molar-refractivity contribution in [1.29, 1.82) is 0 Å². The van der Waals surface area contributed by atoms with E-state index in [9.17, 15) is 0 Å². The van der Waals surface area contributed by atoms with Crippen molar-refractivity contribution in [2.24, 2.45) is 0 Å². The molecule has 2 nitrogen and oxygen atoms in total. The molecule has 0 N–H and O–H groups in total. The van der Waals surface area contributed by atoms with Gasteiger partial charge in [-0.3, -0.25) is 9.97 Å². The fourth-order valence-electron chi connectivity index (χ4n) is 11.6. The number of benzene rings is 10. The predicted molar refractivity (Wildman–Crippen MR) is 271 cm³/mol. The number of nitrogens with zero attached hydrogens (tertiary/aromatic N) is 2. The van der Waals surface area contributed by atoms with Gasteiger partial charge in [-0.1, -0.05) is 126 Å². The summed E-state index contributed by atoms with van der Waals surface area (Å²) >= 11 is 0. The van der Waals surface area contributed by atoms with Crippen LogP contribution in [0.2, 0.25) is 0 Å². The minimum atomic E-state index is 1.09. The van der Waals surface area contributed by atoms with Crippen LogP contribution in [-0.4, -0.2) is 9.97 Å². The van der Waals surface area contributed by atoms with E-state index in [4.69, 9.17) is 9.97 Å². The molecule has 0 spiro atoms. The van der Waals surface area contributed by atoms with Gasteiger partial charge in [-0.05, 0) is 190 Å². The molecule has 10 aromatic carbocycles. The van der Waals surface area contributed by atoms with E-state index in [1.165, 1.54) is 154 Å². The summed E-state index contributed by atoms with van der Waals surface area (Å²) in [4.78, 5) is 9.84. The molecule has 2 heterocycles. The average molecular weight is 813 g/mol. The molecule has 14 rings (SSSR count). The highest BCUT2D eigenvalue weighted by Crippen LogP contribution is 2.53. The fraction of sp³-hybridized carbons (Fsp3) is 0.0645. The normalized spacial score (nSPS) is 12.4. The Balaban J connectivity index is 0.922. The van der Waals surface area contributed by atoms with E-state index in [1.54, 1.807) is 0 Å². The van der Waals surface area contributed by atoms with Crippen LogP contribution in [0.4, 0.5) is 0 Å². The highest BCUT2D eigenvalue weighted by atomic mass is 14.7. The van der Waals surface area contributed by atoms with Crippen molar-refractivity contribution in [3.05, 3.63) is 192 Å². The lowest BCUT2D eigenvalue weighted by Gasteiger charge is -2.16. The maximum absolute atomic E-state index is 4.92. The maximum Gasteiger partial charge on any atom is 0.0787 e. The van der Waals surface area contributed by atoms with E-state index >= 15 is 0 Å². The quantitative estimate of drug-likeness (QED) is 0.166. The van der Waals surface area contributed by atoms with Crippen LogP contribution in [0.3, 0.4) is 0 Å². The lowest BCUT2D eigenvalue weighted by molar-refractivity contribution is 1.34. The molecule has 12 aromatic rings. The van der Waals surface area contributed by atoms with E-state index in [1.807, 2.05) is 12.4 Å². The average Bonchev–Trinajstić information content (AvgIpc) is 3.85. The van der Waals surface area contributed by atoms with Gasteiger partial charge >= 0.3 is 0 Å². The minimum absolute atomic E-state index is 1.09. The van der Waals surface area contributed by atoms with Crippen LogP contribution < -0.4 is 0 Å². The predicted octanol–water partition coefficient (Wildman–Crippen LogP) is 16.9. The summed E-state index contributed by atoms with van der Waals surface area (Å²) < 4.78 is 0. The second-order valence-electron chi connectivity index (χ2n) is 18.3. The Morgan fingerprint density at radius 3 is 1.28 bits per heavy atom. The number of fused-ring (bicyclic) bond motifs is 14. The lowest BCUT2D eigenvalue weighted by atomic mass is 9.87. The van der Waals surface area contributed by atoms with E-state index in [0.717, 1.165) is 11.4 Å². The van der Waals surface area contributed by atoms with Crippen molar-refractivity contribution in [3.8, 4) is 78.1 Å². The summed E-state index contributed by atoms with van der Waals surface area (Å²) in [5.41, 5.74) is 22.2. The molecule has 0 atom stereocenters. The van der Waals surface area contributed by atoms with E-state index < -0.39 is 0 Å². The molecular weight excluding hydrogens is 773 g/mol. The number of hydrogen-bond acceptors (Lipinski definition) is 2. The van der Waals surface area contributed by atoms with E-state index in [-0.39, 0.29) is 0 Å². The lowest BCUT2D eigenvalue weighted by Crippen LogP contribution is -1.90. The molecular formula is C62H40N2. The Labute approximate surface area is 371 Å². The largest absolute Gasteiger partial charge is 0.256 e. The highest BCUT2D eigenvalue weighted by Gasteiger charge is 2.28. The van der Waals surface area contributed by atoms with Crippen LogP contribution in [0.5, 0.6) is 0 Å². The van der Waals surface area contributed by atoms with Crippen molar-refractivity contribution >= 4 is 64.6 Å². The smallest absolute Gasteiger partial charge is 0.0787 e. The van der Waals surface area contributed by atoms with Crippen molar-refractivity contribution in [2.45, 2.75) is 27.7 Å². The Bertz CT molecular complexity index is 4100. The summed E-state index contributed by atoms with van der Waals surface area (Å²) in [5, 5.41) is 15.4. The number of aryl methyl sites for hydroxylation is 4. The first-order valence-corrected chi connectivity index (χ1v) is 22.4. The first-order valence-electron chi connectivity index (χ1n) is 22.4. The van der Waals surface area contributed by atoms with Crippen molar-refractivity contribution in [1.82, 2.24) is 9.97 Å². The van der Waals surface area contributed by atoms with Crippen LogP contribution in [0.15, 0.2) is 170 Å². The molecule has 2 heteroatoms. The molecule has 0 saturated heterocycles. The first-order chi connectivity index (χ1) is 31.4. The molecule has 0 fully saturated rings. The number of pyridine rings is 2. The topological polar surface area (TPSA) is 25.8 Å². The second kappa shape index (κ2) is 12.8. The maximum atomic E-state index is 4.92. The van der Waals surface area contributed by atoms with Crippen LogP contribution in [-0.2, 0) is 0 Å². The third-order valence-corrected chi connectivity index (χ3v) is 14.6. The van der Waals surface area contributed by atoms with Crippen LogP contribution in [0.25, 0.3) is 143 Å². The zero-order valence-corrected chi connectivity index (χ0v) is 36.1. The van der Waals surface area contributed by atoms with Gasteiger partial charge in [0.1, 0.15) is 0 Å². The van der Waals surface area contributed by atoms with E-state index in [2.05, 4.69) is 185 Å². The molecule has 0 unspecified atom stereocenters. The first kappa shape index (κ1) is 35.6. The number of rotatable bonds is 3. The van der Waals surface area contributed by atoms with Crippen molar-refractivity contribution in [3.63, 3.8) is 0 Å². The molecule has 2 aliphatic rings. The number of aromatic nitrogens is 2. The molecule has 2 aliphatic carbocycles. The molecule has 0 amide bonds. The molecule has 64 heavy (non-hydrogen) atoms. The second-order valence-corrected chi connectivity index (χ2v) is 18.3. The Morgan fingerprint density at radius 1 is 0.281 bits per heavy atom. The molecule has 2 aromatic heterocycles. The molecule has 0 bridgehead atoms. The van der Waals surface area contributed by atoms with Crippen molar-refractivity contribution in [2.75, 3.05) is 0 Å². The van der Waals surface area contributed by atoms with Crippen LogP contribution in [0.1, 0.15) is 22.3 Å². The SMILES string of the molecule is Cc1ccc2c(c1)c(-c1ccc(-c3cccc(-c4cc5c6ccc(C)c7c6c(cc5c5ccc(C)cc45)-c4ncccc4-7)c3)cc1)cc1c3ccc(C)c4c3c(cc21)-c1ncccc1-4. The summed E-state index contributed by atoms with van der Waals surface area (Å²) in [7, 11) is 0. The summed E-state index contributed by atoms with van der Waals surface area (Å²) in [6, 6.07) is 59.8. The fourth-order valence-corrected chi connectivity index (χ4v) is 11.6. The van der Waals surface area contributed by atoms with Gasteiger partial charge < -0.3 is 0 Å². The van der Waals surface area contributed by atoms with Gasteiger partial charge in [0, 0.05) is 34.6 Å². The molecule has 0 radical (unpaired) electrons. The zero-order valence-electron chi connectivity index (χ0n) is 36.1. The third-order valence-electron chi connectivity index (χ3n) is 14.6. The van der Waals surface area contributed by atoms with Gasteiger partial charge in [-0.15, -0.1) is 0 Å². The summed E-state index contributed by atoms with van der Waals surface area (Å²) in [6.07, 6.45) is 3.85. The Kier molecular flexibility index (Phi) is 7.13. The van der Waals surface area contributed by atoms with Gasteiger partial charge in [-0.25, -0.2) is 0 Å². The summed E-state index contributed by atoms with van der Waals surface area (Å²) in [5.74, 6) is 0. The highest BCUT2D eigenvalue weighted by molar-refractivity contribution is 6.30. The molecule has 0 saturated carbocycles. The Hall–Kier alpha value is -7.94. The zero-order chi connectivity index (χ0) is 42.5. The monoisotopic (exact) mass is 812 g/mol. The van der Waals surface area contributed by atoms with Crippen LogP contribution >= 0.6 is 0 Å². The van der Waals surface area contributed by atoms with E-state index in [0.29, 0.717) is 0 Å². The minimum Gasteiger partial charge on any atom is -0.256 e. The van der Waals surface area contributed by atoms with Crippen molar-refractivity contribution < 1.29 is 0 Å². The van der Waals surface area contributed by atoms with Gasteiger partial charge in [0.05, 0.1) is 11.4 Å². The summed E-state index contributed by atoms with van der Waals surface area (Å²) in [6.45, 7) is 8.85. The Morgan fingerprint density at radius 2 is 0.734 bits per heavy atom. The molecule has 298 valence electrons. The van der Waals surface area contributed by atoms with Gasteiger partial charge in [0.15, 0.2) is 0 Å². The van der Waals surface area contributed by atoms with Gasteiger partial charge in [0.2, 0.25) is 0 Å². The third kappa shape index (κ3) is 4.80. The van der Waals surface area contributed by atoms with Gasteiger partial charge in [0.25, 0.3) is 0 Å². The van der Waals surface area contributed by atoms with Gasteiger partial charge in [-0.2, -0.15) is 0 Å². The van der Waals surface area contributed by atoms with Crippen LogP contribution in [0, 0.1) is 27.7 Å². The standard InChI is InChI=1S/C62H40N2/c1-33-12-20-41-49(26-33)47(29-53-43-22-14-35(3)57-45-10-6-24-63-61(45)55(59(43)57)31-51(41)53)38-18-16-37(17-19-38)39-8-5-9-40(28-39)48-30-54-44-23-15-36(4)58-46-11-7-25-64-62(46)56(60(44)58)32-52(54)42-21-13-34(2)27-50(42)48/h5-32H,1-4H3. The molecule has 0 aliphatic heterocycles. The number of hydrogen-bond donors (Lipinski definition) is 0.